The van der Waals surface area contributed by atoms with E-state index < -0.39 is 0 Å². The van der Waals surface area contributed by atoms with E-state index in [0.717, 1.165) is 44.3 Å². The lowest BCUT2D eigenvalue weighted by molar-refractivity contribution is -0.142. The van der Waals surface area contributed by atoms with Crippen LogP contribution in [-0.2, 0) is 35.7 Å². The number of ether oxygens (including phenoxy) is 1. The van der Waals surface area contributed by atoms with Crippen LogP contribution in [-0.4, -0.2) is 22.3 Å². The molecule has 27 heavy (non-hydrogen) atoms. The Balaban J connectivity index is 1.36. The van der Waals surface area contributed by atoms with Crippen LogP contribution in [0.25, 0.3) is 0 Å². The molecule has 0 bridgehead atoms. The van der Waals surface area contributed by atoms with Crippen LogP contribution in [0.3, 0.4) is 0 Å². The zero-order valence-electron chi connectivity index (χ0n) is 15.8. The van der Waals surface area contributed by atoms with Crippen molar-refractivity contribution in [2.75, 3.05) is 6.54 Å². The molecule has 0 saturated heterocycles. The van der Waals surface area contributed by atoms with Crippen molar-refractivity contribution in [1.82, 2.24) is 9.88 Å². The van der Waals surface area contributed by atoms with Gasteiger partial charge in [-0.1, -0.05) is 19.1 Å². The highest BCUT2D eigenvalue weighted by atomic mass is 32.1. The first-order chi connectivity index (χ1) is 13.1. The van der Waals surface area contributed by atoms with Crippen LogP contribution in [0.1, 0.15) is 47.1 Å². The minimum Gasteiger partial charge on any atom is -0.371 e. The summed E-state index contributed by atoms with van der Waals surface area (Å²) in [4.78, 5) is 21.8. The Bertz CT molecular complexity index is 830. The zero-order valence-corrected chi connectivity index (χ0v) is 16.6. The molecule has 0 spiro atoms. The number of aromatic nitrogens is 1. The van der Waals surface area contributed by atoms with E-state index in [1.807, 2.05) is 23.5 Å². The summed E-state index contributed by atoms with van der Waals surface area (Å²) >= 11 is 1.83. The fourth-order valence-electron chi connectivity index (χ4n) is 3.93. The molecule has 0 radical (unpaired) electrons. The zero-order chi connectivity index (χ0) is 18.7. The number of nitrogens with zero attached hydrogens (tertiary/aromatic N) is 2. The lowest BCUT2D eigenvalue weighted by Crippen LogP contribution is -2.44. The Morgan fingerprint density at radius 1 is 1.30 bits per heavy atom. The van der Waals surface area contributed by atoms with E-state index in [-0.39, 0.29) is 5.41 Å². The molecule has 0 aromatic carbocycles. The summed E-state index contributed by atoms with van der Waals surface area (Å²) in [5.41, 5.74) is 2.22. The van der Waals surface area contributed by atoms with Crippen molar-refractivity contribution in [2.45, 2.75) is 52.4 Å². The topological polar surface area (TPSA) is 42.4 Å². The van der Waals surface area contributed by atoms with E-state index in [2.05, 4.69) is 35.0 Å². The fraction of sp³-hybridized carbons (Fsp3) is 0.455. The third kappa shape index (κ3) is 4.14. The molecule has 1 amide bonds. The van der Waals surface area contributed by atoms with Gasteiger partial charge < -0.3 is 9.64 Å². The monoisotopic (exact) mass is 382 g/mol. The second-order valence-electron chi connectivity index (χ2n) is 7.76. The number of hydrogen-bond donors (Lipinski definition) is 0. The van der Waals surface area contributed by atoms with Crippen LogP contribution in [0, 0.1) is 5.41 Å². The van der Waals surface area contributed by atoms with E-state index in [9.17, 15) is 4.79 Å². The summed E-state index contributed by atoms with van der Waals surface area (Å²) in [5, 5.41) is 0. The molecule has 0 saturated carbocycles. The minimum atomic E-state index is -0.223. The summed E-state index contributed by atoms with van der Waals surface area (Å²) in [5.74, 6) is 0.319. The lowest BCUT2D eigenvalue weighted by Gasteiger charge is -2.37. The molecular weight excluding hydrogens is 356 g/mol. The predicted octanol–water partition coefficient (Wildman–Crippen LogP) is 4.49. The Hall–Kier alpha value is -1.98. The number of hydrogen-bond acceptors (Lipinski definition) is 4. The molecule has 1 aliphatic heterocycles. The number of carbonyl (C=O) groups excluding carboxylic acids is 1. The maximum Gasteiger partial charge on any atom is 0.229 e. The maximum atomic E-state index is 13.1. The van der Waals surface area contributed by atoms with E-state index in [4.69, 9.17) is 4.74 Å². The van der Waals surface area contributed by atoms with Gasteiger partial charge in [-0.3, -0.25) is 9.78 Å². The van der Waals surface area contributed by atoms with Gasteiger partial charge in [-0.15, -0.1) is 11.3 Å². The van der Waals surface area contributed by atoms with Gasteiger partial charge in [-0.05, 0) is 55.0 Å². The number of rotatable bonds is 5. The van der Waals surface area contributed by atoms with Crippen molar-refractivity contribution in [3.8, 4) is 0 Å². The molecule has 4 nitrogen and oxygen atoms in total. The lowest BCUT2D eigenvalue weighted by atomic mass is 9.77. The molecule has 2 aromatic rings. The summed E-state index contributed by atoms with van der Waals surface area (Å²) < 4.78 is 5.86. The Morgan fingerprint density at radius 2 is 2.15 bits per heavy atom. The van der Waals surface area contributed by atoms with Gasteiger partial charge in [0.1, 0.15) is 0 Å². The van der Waals surface area contributed by atoms with E-state index in [1.165, 1.54) is 15.3 Å². The molecule has 2 aromatic heterocycles. The average molecular weight is 383 g/mol. The molecule has 0 N–H and O–H groups in total. The summed E-state index contributed by atoms with van der Waals surface area (Å²) in [6.45, 7) is 4.93. The van der Waals surface area contributed by atoms with Crippen molar-refractivity contribution in [3.63, 3.8) is 0 Å². The van der Waals surface area contributed by atoms with Crippen LogP contribution >= 0.6 is 11.3 Å². The SMILES string of the molecule is CC1(C(=O)N2CCc3sc(COCc4ccncc4)cc3C2)CC=CCC1. The van der Waals surface area contributed by atoms with Gasteiger partial charge in [-0.2, -0.15) is 0 Å². The van der Waals surface area contributed by atoms with Crippen molar-refractivity contribution >= 4 is 17.2 Å². The normalized spacial score (nSPS) is 21.9. The molecule has 1 atom stereocenters. The fourth-order valence-corrected chi connectivity index (χ4v) is 5.04. The van der Waals surface area contributed by atoms with Gasteiger partial charge in [0, 0.05) is 35.2 Å². The molecule has 2 aliphatic rings. The van der Waals surface area contributed by atoms with Crippen molar-refractivity contribution < 1.29 is 9.53 Å². The Kier molecular flexibility index (Phi) is 5.41. The molecule has 142 valence electrons. The van der Waals surface area contributed by atoms with Gasteiger partial charge >= 0.3 is 0 Å². The predicted molar refractivity (Wildman–Crippen MR) is 107 cm³/mol. The Morgan fingerprint density at radius 3 is 2.93 bits per heavy atom. The first kappa shape index (κ1) is 18.4. The average Bonchev–Trinajstić information content (AvgIpc) is 3.10. The standard InChI is InChI=1S/C22H26N2O2S/c1-22(8-3-2-4-9-22)21(25)24-12-7-20-18(14-24)13-19(27-20)16-26-15-17-5-10-23-11-6-17/h2-3,5-6,10-11,13H,4,7-9,12,14-16H2,1H3. The number of thiophene rings is 1. The van der Waals surface area contributed by atoms with Crippen LogP contribution < -0.4 is 0 Å². The number of pyridine rings is 1. The van der Waals surface area contributed by atoms with Crippen molar-refractivity contribution in [2.24, 2.45) is 5.41 Å². The summed E-state index contributed by atoms with van der Waals surface area (Å²) in [6, 6.07) is 6.18. The van der Waals surface area contributed by atoms with Crippen molar-refractivity contribution in [3.05, 3.63) is 63.6 Å². The molecule has 0 fully saturated rings. The first-order valence-corrected chi connectivity index (χ1v) is 10.5. The van der Waals surface area contributed by atoms with Gasteiger partial charge in [0.25, 0.3) is 0 Å². The molecular formula is C22H26N2O2S. The molecule has 4 rings (SSSR count). The number of allylic oxidation sites excluding steroid dienone is 2. The second kappa shape index (κ2) is 7.95. The summed E-state index contributed by atoms with van der Waals surface area (Å²) in [7, 11) is 0. The van der Waals surface area contributed by atoms with E-state index >= 15 is 0 Å². The first-order valence-electron chi connectivity index (χ1n) is 9.65. The molecule has 3 heterocycles. The maximum absolute atomic E-state index is 13.1. The minimum absolute atomic E-state index is 0.223. The highest BCUT2D eigenvalue weighted by molar-refractivity contribution is 7.12. The van der Waals surface area contributed by atoms with Crippen LogP contribution in [0.15, 0.2) is 42.7 Å². The highest BCUT2D eigenvalue weighted by Gasteiger charge is 2.37. The van der Waals surface area contributed by atoms with Gasteiger partial charge in [0.05, 0.1) is 18.6 Å². The number of amides is 1. The van der Waals surface area contributed by atoms with Gasteiger partial charge in [0.2, 0.25) is 5.91 Å². The molecule has 5 heteroatoms. The van der Waals surface area contributed by atoms with Crippen LogP contribution in [0.4, 0.5) is 0 Å². The third-order valence-electron chi connectivity index (χ3n) is 5.58. The van der Waals surface area contributed by atoms with Gasteiger partial charge in [-0.25, -0.2) is 0 Å². The Labute approximate surface area is 164 Å². The van der Waals surface area contributed by atoms with Gasteiger partial charge in [0.15, 0.2) is 0 Å². The number of carbonyl (C=O) groups is 1. The van der Waals surface area contributed by atoms with E-state index in [0.29, 0.717) is 19.1 Å². The highest BCUT2D eigenvalue weighted by Crippen LogP contribution is 2.36. The smallest absolute Gasteiger partial charge is 0.229 e. The third-order valence-corrected chi connectivity index (χ3v) is 6.79. The van der Waals surface area contributed by atoms with E-state index in [1.54, 1.807) is 12.4 Å². The van der Waals surface area contributed by atoms with Crippen LogP contribution in [0.5, 0.6) is 0 Å². The molecule has 1 aliphatic carbocycles. The number of fused-ring (bicyclic) bond motifs is 1. The molecule has 1 unspecified atom stereocenters. The van der Waals surface area contributed by atoms with Crippen molar-refractivity contribution in [1.29, 1.82) is 0 Å². The second-order valence-corrected chi connectivity index (χ2v) is 8.98. The quantitative estimate of drug-likeness (QED) is 0.716. The van der Waals surface area contributed by atoms with Crippen LogP contribution in [0.2, 0.25) is 0 Å². The summed E-state index contributed by atoms with van der Waals surface area (Å²) in [6.07, 6.45) is 11.7. The largest absolute Gasteiger partial charge is 0.371 e.